The maximum Gasteiger partial charge on any atom is 0.195 e. The van der Waals surface area contributed by atoms with Crippen molar-refractivity contribution in [1.29, 1.82) is 5.41 Å². The molecule has 0 unspecified atom stereocenters. The summed E-state index contributed by atoms with van der Waals surface area (Å²) in [4.78, 5) is 2.24. The Hall–Kier alpha value is -2.03. The van der Waals surface area contributed by atoms with Crippen LogP contribution in [0.15, 0.2) is 42.5 Å². The van der Waals surface area contributed by atoms with Crippen molar-refractivity contribution in [2.24, 2.45) is 23.7 Å². The average molecular weight is 333 g/mol. The number of nitrogens with zero attached hydrogens (tertiary/aromatic N) is 1. The Bertz CT molecular complexity index is 784. The van der Waals surface area contributed by atoms with E-state index in [1.165, 1.54) is 42.9 Å². The molecule has 25 heavy (non-hydrogen) atoms. The zero-order valence-corrected chi connectivity index (χ0v) is 14.9. The van der Waals surface area contributed by atoms with E-state index in [9.17, 15) is 0 Å². The summed E-state index contributed by atoms with van der Waals surface area (Å²) >= 11 is 0. The molecule has 4 aliphatic carbocycles. The molecule has 4 saturated carbocycles. The van der Waals surface area contributed by atoms with Gasteiger partial charge in [-0.15, -0.1) is 0 Å². The molecular formula is C22H27N3. The number of nitrogens with one attached hydrogen (secondary N) is 2. The summed E-state index contributed by atoms with van der Waals surface area (Å²) in [6, 6.07) is 15.3. The average Bonchev–Trinajstić information content (AvgIpc) is 2.60. The Kier molecular flexibility index (Phi) is 3.51. The molecule has 0 atom stereocenters. The van der Waals surface area contributed by atoms with Gasteiger partial charge in [-0.1, -0.05) is 30.3 Å². The molecule has 0 aromatic heterocycles. The lowest BCUT2D eigenvalue weighted by atomic mass is 9.54. The van der Waals surface area contributed by atoms with Gasteiger partial charge in [0.25, 0.3) is 0 Å². The van der Waals surface area contributed by atoms with Crippen LogP contribution in [0, 0.1) is 29.1 Å². The third kappa shape index (κ3) is 2.61. The van der Waals surface area contributed by atoms with Crippen LogP contribution >= 0.6 is 0 Å². The van der Waals surface area contributed by atoms with E-state index in [0.29, 0.717) is 12.0 Å². The topological polar surface area (TPSA) is 39.1 Å². The number of hydrogen-bond acceptors (Lipinski definition) is 1. The van der Waals surface area contributed by atoms with E-state index in [0.717, 1.165) is 29.4 Å². The van der Waals surface area contributed by atoms with Crippen LogP contribution in [-0.2, 0) is 0 Å². The van der Waals surface area contributed by atoms with Crippen molar-refractivity contribution in [1.82, 2.24) is 4.90 Å². The summed E-state index contributed by atoms with van der Waals surface area (Å²) in [5.74, 6) is 4.12. The second-order valence-corrected chi connectivity index (χ2v) is 8.57. The van der Waals surface area contributed by atoms with Crippen molar-refractivity contribution < 1.29 is 0 Å². The largest absolute Gasteiger partial charge is 0.342 e. The fourth-order valence-electron chi connectivity index (χ4n) is 6.17. The highest BCUT2D eigenvalue weighted by atomic mass is 15.3. The SMILES string of the molecule is CN(C(=N)Nc1ccc2ccccc2c1)C1C2CC3CC(C2)CC1C3. The standard InChI is InChI=1S/C22H27N3/c1-25(21-18-9-14-8-15(11-18)12-19(21)10-14)22(23)24-20-7-6-16-4-2-3-5-17(16)13-20/h2-7,13-15,18-19,21H,8-12H2,1H3,(H2,23,24). The zero-order valence-electron chi connectivity index (χ0n) is 14.9. The molecule has 0 saturated heterocycles. The van der Waals surface area contributed by atoms with Crippen molar-refractivity contribution in [2.45, 2.75) is 38.1 Å². The molecule has 2 N–H and O–H groups in total. The van der Waals surface area contributed by atoms with Gasteiger partial charge < -0.3 is 10.2 Å². The van der Waals surface area contributed by atoms with Gasteiger partial charge in [-0.2, -0.15) is 0 Å². The maximum absolute atomic E-state index is 8.63. The molecule has 4 bridgehead atoms. The molecule has 6 rings (SSSR count). The predicted molar refractivity (Wildman–Crippen MR) is 104 cm³/mol. The van der Waals surface area contributed by atoms with E-state index in [2.05, 4.69) is 59.7 Å². The molecule has 130 valence electrons. The Morgan fingerprint density at radius 3 is 2.24 bits per heavy atom. The van der Waals surface area contributed by atoms with Crippen molar-refractivity contribution in [2.75, 3.05) is 12.4 Å². The van der Waals surface area contributed by atoms with Gasteiger partial charge in [0.05, 0.1) is 0 Å². The third-order valence-electron chi connectivity index (χ3n) is 6.99. The van der Waals surface area contributed by atoms with Crippen LogP contribution in [-0.4, -0.2) is 23.9 Å². The highest BCUT2D eigenvalue weighted by Gasteiger charge is 2.49. The lowest BCUT2D eigenvalue weighted by Gasteiger charge is -2.56. The smallest absolute Gasteiger partial charge is 0.195 e. The van der Waals surface area contributed by atoms with Crippen molar-refractivity contribution in [3.05, 3.63) is 42.5 Å². The number of fused-ring (bicyclic) bond motifs is 1. The molecule has 4 fully saturated rings. The normalized spacial score (nSPS) is 32.8. The lowest BCUT2D eigenvalue weighted by molar-refractivity contribution is -0.0389. The number of hydrogen-bond donors (Lipinski definition) is 2. The summed E-state index contributed by atoms with van der Waals surface area (Å²) in [6.45, 7) is 0. The van der Waals surface area contributed by atoms with E-state index in [4.69, 9.17) is 5.41 Å². The van der Waals surface area contributed by atoms with Crippen molar-refractivity contribution >= 4 is 22.4 Å². The highest BCUT2D eigenvalue weighted by molar-refractivity contribution is 5.94. The van der Waals surface area contributed by atoms with Crippen LogP contribution in [0.3, 0.4) is 0 Å². The first-order valence-corrected chi connectivity index (χ1v) is 9.74. The van der Waals surface area contributed by atoms with Gasteiger partial charge in [0.2, 0.25) is 0 Å². The Balaban J connectivity index is 1.33. The van der Waals surface area contributed by atoms with Crippen LogP contribution in [0.25, 0.3) is 10.8 Å². The van der Waals surface area contributed by atoms with Gasteiger partial charge in [-0.25, -0.2) is 0 Å². The van der Waals surface area contributed by atoms with E-state index in [1.807, 2.05) is 0 Å². The summed E-state index contributed by atoms with van der Waals surface area (Å²) in [5.41, 5.74) is 1.01. The Morgan fingerprint density at radius 1 is 0.920 bits per heavy atom. The van der Waals surface area contributed by atoms with Gasteiger partial charge in [0, 0.05) is 18.8 Å². The van der Waals surface area contributed by atoms with E-state index < -0.39 is 0 Å². The molecule has 3 heteroatoms. The van der Waals surface area contributed by atoms with Crippen LogP contribution < -0.4 is 5.32 Å². The molecule has 2 aromatic rings. The number of rotatable bonds is 2. The molecule has 0 heterocycles. The summed E-state index contributed by atoms with van der Waals surface area (Å²) in [7, 11) is 2.13. The number of anilines is 1. The van der Waals surface area contributed by atoms with E-state index >= 15 is 0 Å². The molecule has 0 amide bonds. The quantitative estimate of drug-likeness (QED) is 0.603. The number of guanidine groups is 1. The van der Waals surface area contributed by atoms with Gasteiger partial charge in [-0.05, 0) is 78.7 Å². The van der Waals surface area contributed by atoms with E-state index in [1.54, 1.807) is 0 Å². The lowest BCUT2D eigenvalue weighted by Crippen LogP contribution is -2.57. The highest BCUT2D eigenvalue weighted by Crippen LogP contribution is 2.54. The zero-order chi connectivity index (χ0) is 17.0. The van der Waals surface area contributed by atoms with Crippen LogP contribution in [0.1, 0.15) is 32.1 Å². The van der Waals surface area contributed by atoms with Crippen molar-refractivity contribution in [3.8, 4) is 0 Å². The fourth-order valence-corrected chi connectivity index (χ4v) is 6.17. The van der Waals surface area contributed by atoms with Gasteiger partial charge in [-0.3, -0.25) is 5.41 Å². The minimum Gasteiger partial charge on any atom is -0.342 e. The summed E-state index contributed by atoms with van der Waals surface area (Å²) < 4.78 is 0. The maximum atomic E-state index is 8.63. The van der Waals surface area contributed by atoms with Crippen LogP contribution in [0.5, 0.6) is 0 Å². The molecule has 0 aliphatic heterocycles. The first-order chi connectivity index (χ1) is 12.2. The summed E-state index contributed by atoms with van der Waals surface area (Å²) in [5, 5.41) is 14.4. The first-order valence-electron chi connectivity index (χ1n) is 9.74. The predicted octanol–water partition coefficient (Wildman–Crippen LogP) is 4.94. The van der Waals surface area contributed by atoms with E-state index in [-0.39, 0.29) is 0 Å². The number of benzene rings is 2. The molecular weight excluding hydrogens is 306 g/mol. The Labute approximate surface area is 149 Å². The third-order valence-corrected chi connectivity index (χ3v) is 6.99. The van der Waals surface area contributed by atoms with Gasteiger partial charge in [0.1, 0.15) is 0 Å². The monoisotopic (exact) mass is 333 g/mol. The summed E-state index contributed by atoms with van der Waals surface area (Å²) in [6.07, 6.45) is 7.06. The Morgan fingerprint density at radius 2 is 1.56 bits per heavy atom. The van der Waals surface area contributed by atoms with Gasteiger partial charge >= 0.3 is 0 Å². The minimum absolute atomic E-state index is 0.549. The molecule has 0 spiro atoms. The van der Waals surface area contributed by atoms with Crippen molar-refractivity contribution in [3.63, 3.8) is 0 Å². The molecule has 0 radical (unpaired) electrons. The first kappa shape index (κ1) is 15.2. The van der Waals surface area contributed by atoms with Crippen LogP contribution in [0.4, 0.5) is 5.69 Å². The van der Waals surface area contributed by atoms with Crippen LogP contribution in [0.2, 0.25) is 0 Å². The van der Waals surface area contributed by atoms with Gasteiger partial charge in [0.15, 0.2) is 5.96 Å². The second kappa shape index (κ2) is 5.76. The fraction of sp³-hybridized carbons (Fsp3) is 0.500. The minimum atomic E-state index is 0.549. The molecule has 4 aliphatic rings. The second-order valence-electron chi connectivity index (χ2n) is 8.57. The molecule has 3 nitrogen and oxygen atoms in total. The molecule has 2 aromatic carbocycles.